The third-order valence-corrected chi connectivity index (χ3v) is 2.59. The minimum atomic E-state index is 0.349. The van der Waals surface area contributed by atoms with Gasteiger partial charge in [-0.15, -0.1) is 5.10 Å². The Morgan fingerprint density at radius 3 is 2.89 bits per heavy atom. The molecule has 0 aliphatic heterocycles. The number of anilines is 1. The van der Waals surface area contributed by atoms with Gasteiger partial charge in [0.1, 0.15) is 18.3 Å². The Kier molecular flexibility index (Phi) is 2.15. The molecule has 0 atom stereocenters. The molecule has 0 spiro atoms. The smallest absolute Gasteiger partial charge is 0.257 e. The van der Waals surface area contributed by atoms with Gasteiger partial charge >= 0.3 is 0 Å². The van der Waals surface area contributed by atoms with E-state index >= 15 is 0 Å². The Labute approximate surface area is 102 Å². The summed E-state index contributed by atoms with van der Waals surface area (Å²) < 4.78 is 8.63. The molecule has 8 nitrogen and oxygen atoms in total. The van der Waals surface area contributed by atoms with Crippen LogP contribution in [0.4, 0.5) is 5.82 Å². The van der Waals surface area contributed by atoms with Gasteiger partial charge in [0.25, 0.3) is 5.88 Å². The van der Waals surface area contributed by atoms with Gasteiger partial charge in [-0.25, -0.2) is 15.0 Å². The third-order valence-electron chi connectivity index (χ3n) is 2.59. The van der Waals surface area contributed by atoms with E-state index in [0.717, 1.165) is 5.69 Å². The molecule has 0 aliphatic rings. The van der Waals surface area contributed by atoms with Gasteiger partial charge in [-0.3, -0.25) is 9.25 Å². The zero-order valence-electron chi connectivity index (χ0n) is 9.90. The molecule has 92 valence electrons. The second-order valence-corrected chi connectivity index (χ2v) is 3.74. The molecule has 0 radical (unpaired) electrons. The van der Waals surface area contributed by atoms with Gasteiger partial charge in [0.05, 0.1) is 13.3 Å². The van der Waals surface area contributed by atoms with Gasteiger partial charge in [0.15, 0.2) is 17.0 Å². The van der Waals surface area contributed by atoms with E-state index in [9.17, 15) is 0 Å². The maximum absolute atomic E-state index is 5.74. The molecule has 2 N–H and O–H groups in total. The first-order chi connectivity index (χ1) is 8.70. The first-order valence-electron chi connectivity index (χ1n) is 5.22. The lowest BCUT2D eigenvalue weighted by molar-refractivity contribution is 0.390. The fraction of sp³-hybridized carbons (Fsp3) is 0.200. The van der Waals surface area contributed by atoms with Crippen molar-refractivity contribution >= 4 is 17.0 Å². The Morgan fingerprint density at radius 2 is 2.11 bits per heavy atom. The van der Waals surface area contributed by atoms with Crippen LogP contribution < -0.4 is 10.5 Å². The van der Waals surface area contributed by atoms with Crippen LogP contribution in [0, 0.1) is 0 Å². The van der Waals surface area contributed by atoms with E-state index < -0.39 is 0 Å². The zero-order valence-corrected chi connectivity index (χ0v) is 9.90. The molecule has 3 heterocycles. The minimum Gasteiger partial charge on any atom is -0.478 e. The number of fused-ring (bicyclic) bond motifs is 1. The molecule has 0 saturated carbocycles. The minimum absolute atomic E-state index is 0.349. The molecule has 0 bridgehead atoms. The summed E-state index contributed by atoms with van der Waals surface area (Å²) in [6, 6.07) is 0. The molecule has 3 aromatic rings. The molecule has 8 heteroatoms. The molecule has 0 unspecified atom stereocenters. The molecule has 3 aromatic heterocycles. The van der Waals surface area contributed by atoms with Gasteiger partial charge in [0, 0.05) is 7.05 Å². The van der Waals surface area contributed by atoms with Crippen LogP contribution in [-0.4, -0.2) is 36.4 Å². The van der Waals surface area contributed by atoms with E-state index in [1.165, 1.54) is 6.33 Å². The van der Waals surface area contributed by atoms with Crippen molar-refractivity contribution < 1.29 is 4.74 Å². The summed E-state index contributed by atoms with van der Waals surface area (Å²) in [6.45, 7) is 0. The molecule has 0 saturated heterocycles. The lowest BCUT2D eigenvalue weighted by Gasteiger charge is -2.02. The van der Waals surface area contributed by atoms with Crippen molar-refractivity contribution in [2.24, 2.45) is 7.05 Å². The van der Waals surface area contributed by atoms with Crippen molar-refractivity contribution in [3.8, 4) is 11.6 Å². The summed E-state index contributed by atoms with van der Waals surface area (Å²) in [6.07, 6.45) is 4.84. The number of rotatable bonds is 2. The average Bonchev–Trinajstić information content (AvgIpc) is 2.93. The number of nitrogens with zero attached hydrogens (tertiary/aromatic N) is 6. The van der Waals surface area contributed by atoms with Crippen molar-refractivity contribution in [3.05, 3.63) is 18.9 Å². The summed E-state index contributed by atoms with van der Waals surface area (Å²) in [5.74, 6) is 0.843. The van der Waals surface area contributed by atoms with Gasteiger partial charge in [-0.2, -0.15) is 0 Å². The quantitative estimate of drug-likeness (QED) is 0.689. The van der Waals surface area contributed by atoms with Crippen LogP contribution in [0.25, 0.3) is 16.9 Å². The van der Waals surface area contributed by atoms with Gasteiger partial charge in [-0.05, 0) is 0 Å². The maximum Gasteiger partial charge on any atom is 0.257 e. The maximum atomic E-state index is 5.74. The number of aryl methyl sites for hydroxylation is 1. The van der Waals surface area contributed by atoms with Gasteiger partial charge in [0.2, 0.25) is 0 Å². The van der Waals surface area contributed by atoms with E-state index in [1.54, 1.807) is 22.7 Å². The highest BCUT2D eigenvalue weighted by atomic mass is 16.5. The van der Waals surface area contributed by atoms with Gasteiger partial charge in [-0.1, -0.05) is 0 Å². The standard InChI is InChI=1S/C10H11N7O/c1-16-3-6(10(15-16)18-2)17-5-14-7-8(11)12-4-13-9(7)17/h3-5H,1-2H3,(H2,11,12,13). The van der Waals surface area contributed by atoms with Crippen LogP contribution in [-0.2, 0) is 7.05 Å². The van der Waals surface area contributed by atoms with Crippen molar-refractivity contribution in [3.63, 3.8) is 0 Å². The number of nitrogen functional groups attached to an aromatic ring is 1. The molecule has 0 fully saturated rings. The van der Waals surface area contributed by atoms with E-state index in [2.05, 4.69) is 20.1 Å². The van der Waals surface area contributed by atoms with Crippen LogP contribution in [0.3, 0.4) is 0 Å². The topological polar surface area (TPSA) is 96.7 Å². The Morgan fingerprint density at radius 1 is 1.28 bits per heavy atom. The monoisotopic (exact) mass is 245 g/mol. The number of aromatic nitrogens is 6. The largest absolute Gasteiger partial charge is 0.478 e. The number of nitrogens with two attached hydrogens (primary N) is 1. The third kappa shape index (κ3) is 1.39. The predicted molar refractivity (Wildman–Crippen MR) is 64.4 cm³/mol. The van der Waals surface area contributed by atoms with Crippen molar-refractivity contribution in [2.45, 2.75) is 0 Å². The van der Waals surface area contributed by atoms with Crippen molar-refractivity contribution in [1.82, 2.24) is 29.3 Å². The number of ether oxygens (including phenoxy) is 1. The van der Waals surface area contributed by atoms with Gasteiger partial charge < -0.3 is 10.5 Å². The van der Waals surface area contributed by atoms with Crippen molar-refractivity contribution in [2.75, 3.05) is 12.8 Å². The second kappa shape index (κ2) is 3.69. The van der Waals surface area contributed by atoms with Crippen LogP contribution in [0.5, 0.6) is 5.88 Å². The van der Waals surface area contributed by atoms with Crippen LogP contribution in [0.1, 0.15) is 0 Å². The van der Waals surface area contributed by atoms with Crippen LogP contribution in [0.15, 0.2) is 18.9 Å². The second-order valence-electron chi connectivity index (χ2n) is 3.74. The van der Waals surface area contributed by atoms with Crippen LogP contribution >= 0.6 is 0 Å². The SMILES string of the molecule is COc1nn(C)cc1-n1cnc2c(N)ncnc21. The zero-order chi connectivity index (χ0) is 12.7. The summed E-state index contributed by atoms with van der Waals surface area (Å²) in [5, 5.41) is 4.19. The molecule has 18 heavy (non-hydrogen) atoms. The summed E-state index contributed by atoms with van der Waals surface area (Å²) >= 11 is 0. The van der Waals surface area contributed by atoms with E-state index in [4.69, 9.17) is 10.5 Å². The fourth-order valence-corrected chi connectivity index (χ4v) is 1.80. The molecular weight excluding hydrogens is 234 g/mol. The van der Waals surface area contributed by atoms with E-state index in [0.29, 0.717) is 22.9 Å². The summed E-state index contributed by atoms with van der Waals surface area (Å²) in [7, 11) is 3.38. The van der Waals surface area contributed by atoms with E-state index in [1.807, 2.05) is 13.2 Å². The number of hydrogen-bond donors (Lipinski definition) is 1. The molecule has 0 amide bonds. The Bertz CT molecular complexity index is 714. The van der Waals surface area contributed by atoms with Crippen molar-refractivity contribution in [1.29, 1.82) is 0 Å². The molecule has 0 aromatic carbocycles. The lowest BCUT2D eigenvalue weighted by atomic mass is 10.4. The van der Waals surface area contributed by atoms with Crippen LogP contribution in [0.2, 0.25) is 0 Å². The highest BCUT2D eigenvalue weighted by Gasteiger charge is 2.15. The number of methoxy groups -OCH3 is 1. The first-order valence-corrected chi connectivity index (χ1v) is 5.22. The predicted octanol–water partition coefficient (Wildman–Crippen LogP) is 0.140. The average molecular weight is 245 g/mol. The highest BCUT2D eigenvalue weighted by molar-refractivity contribution is 5.82. The Hall–Kier alpha value is -2.64. The summed E-state index contributed by atoms with van der Waals surface area (Å²) in [4.78, 5) is 12.3. The lowest BCUT2D eigenvalue weighted by Crippen LogP contribution is -1.97. The first kappa shape index (κ1) is 10.5. The number of imidazole rings is 1. The normalized spacial score (nSPS) is 11.0. The number of hydrogen-bond acceptors (Lipinski definition) is 6. The highest BCUT2D eigenvalue weighted by Crippen LogP contribution is 2.24. The molecular formula is C10H11N7O. The van der Waals surface area contributed by atoms with E-state index in [-0.39, 0.29) is 0 Å². The summed E-state index contributed by atoms with van der Waals surface area (Å²) in [5.41, 5.74) is 7.67. The Balaban J connectivity index is 2.28. The molecule has 0 aliphatic carbocycles. The fourth-order valence-electron chi connectivity index (χ4n) is 1.80. The molecule has 3 rings (SSSR count).